The summed E-state index contributed by atoms with van der Waals surface area (Å²) < 4.78 is 27.1. The quantitative estimate of drug-likeness (QED) is 0.458. The third-order valence-electron chi connectivity index (χ3n) is 1.48. The molecule has 1 heterocycles. The molecule has 2 unspecified atom stereocenters. The van der Waals surface area contributed by atoms with E-state index in [0.29, 0.717) is 0 Å². The van der Waals surface area contributed by atoms with Crippen LogP contribution in [0, 0.1) is 0 Å². The zero-order valence-corrected chi connectivity index (χ0v) is 10.1. The number of rotatable bonds is 5. The van der Waals surface area contributed by atoms with Crippen molar-refractivity contribution >= 4 is 15.2 Å². The minimum atomic E-state index is -4.82. The highest BCUT2D eigenvalue weighted by Gasteiger charge is 2.36. The summed E-state index contributed by atoms with van der Waals surface area (Å²) in [7, 11) is -9.18. The average molecular weight is 290 g/mol. The Morgan fingerprint density at radius 1 is 1.35 bits per heavy atom. The van der Waals surface area contributed by atoms with Crippen molar-refractivity contribution in [3.05, 3.63) is 18.7 Å². The largest absolute Gasteiger partial charge is 0.412 e. The van der Waals surface area contributed by atoms with Gasteiger partial charge in [0.2, 0.25) is 0 Å². The predicted octanol–water partition coefficient (Wildman–Crippen LogP) is -1.83. The summed E-state index contributed by atoms with van der Waals surface area (Å²) in [5, 5.41) is 8.95. The Balaban J connectivity index is 0.00000256. The van der Waals surface area contributed by atoms with E-state index in [1.165, 1.54) is 12.4 Å². The Hall–Kier alpha value is -0.730. The molecule has 0 amide bonds. The lowest BCUT2D eigenvalue weighted by Gasteiger charge is -2.17. The molecule has 0 aromatic carbocycles. The first-order valence-electron chi connectivity index (χ1n) is 3.94. The molecule has 0 saturated heterocycles. The van der Waals surface area contributed by atoms with Crippen LogP contribution in [0.5, 0.6) is 0 Å². The van der Waals surface area contributed by atoms with Crippen LogP contribution in [0.1, 0.15) is 0 Å². The summed E-state index contributed by atoms with van der Waals surface area (Å²) >= 11 is 0. The van der Waals surface area contributed by atoms with Crippen LogP contribution >= 0.6 is 15.2 Å². The van der Waals surface area contributed by atoms with E-state index in [1.807, 2.05) is 0 Å². The van der Waals surface area contributed by atoms with E-state index >= 15 is 0 Å². The first kappa shape index (κ1) is 16.3. The minimum Gasteiger partial charge on any atom is -0.412 e. The molecule has 0 aliphatic carbocycles. The van der Waals surface area contributed by atoms with Gasteiger partial charge in [-0.25, -0.2) is 9.55 Å². The maximum atomic E-state index is 11.3. The van der Waals surface area contributed by atoms with Crippen LogP contribution in [-0.4, -0.2) is 47.0 Å². The van der Waals surface area contributed by atoms with Crippen LogP contribution in [0.15, 0.2) is 18.7 Å². The monoisotopic (exact) mass is 290 g/mol. The molecule has 0 saturated carbocycles. The van der Waals surface area contributed by atoms with E-state index in [4.69, 9.17) is 14.9 Å². The SMILES string of the molecule is O.O=P(O)(CC(O)P(=O)(O)O)On1ccnc1. The molecule has 1 rings (SSSR count). The van der Waals surface area contributed by atoms with E-state index in [1.54, 1.807) is 0 Å². The van der Waals surface area contributed by atoms with Crippen molar-refractivity contribution in [3.8, 4) is 0 Å². The Morgan fingerprint density at radius 3 is 2.35 bits per heavy atom. The Bertz CT molecular complexity index is 427. The second kappa shape index (κ2) is 5.74. The first-order chi connectivity index (χ1) is 7.21. The molecule has 6 N–H and O–H groups in total. The Kier molecular flexibility index (Phi) is 5.50. The van der Waals surface area contributed by atoms with Crippen molar-refractivity contribution in [3.63, 3.8) is 0 Å². The summed E-state index contributed by atoms with van der Waals surface area (Å²) in [6, 6.07) is 0. The second-order valence-electron chi connectivity index (χ2n) is 2.89. The molecule has 2 atom stereocenters. The zero-order valence-electron chi connectivity index (χ0n) is 8.32. The van der Waals surface area contributed by atoms with Gasteiger partial charge in [-0.1, -0.05) is 0 Å². The highest BCUT2D eigenvalue weighted by Crippen LogP contribution is 2.48. The van der Waals surface area contributed by atoms with Gasteiger partial charge in [0.15, 0.2) is 5.85 Å². The molecular weight excluding hydrogens is 278 g/mol. The zero-order chi connectivity index (χ0) is 12.4. The van der Waals surface area contributed by atoms with Gasteiger partial charge in [-0.3, -0.25) is 4.57 Å². The number of aliphatic hydroxyl groups excluding tert-OH is 1. The van der Waals surface area contributed by atoms with Crippen LogP contribution in [-0.2, 0) is 9.13 Å². The van der Waals surface area contributed by atoms with Crippen LogP contribution in [0.4, 0.5) is 0 Å². The summed E-state index contributed by atoms with van der Waals surface area (Å²) in [6.07, 6.45) is 2.49. The van der Waals surface area contributed by atoms with E-state index in [0.717, 1.165) is 11.1 Å². The van der Waals surface area contributed by atoms with E-state index in [-0.39, 0.29) is 5.48 Å². The van der Waals surface area contributed by atoms with Gasteiger partial charge in [-0.15, -0.1) is 0 Å². The Morgan fingerprint density at radius 2 is 1.94 bits per heavy atom. The lowest BCUT2D eigenvalue weighted by atomic mass is 10.9. The number of imidazole rings is 1. The van der Waals surface area contributed by atoms with Gasteiger partial charge < -0.3 is 29.9 Å². The van der Waals surface area contributed by atoms with E-state index in [2.05, 4.69) is 9.61 Å². The van der Waals surface area contributed by atoms with Gasteiger partial charge in [-0.2, -0.15) is 4.73 Å². The topological polar surface area (TPSA) is 174 Å². The number of aromatic nitrogens is 2. The number of aliphatic hydroxyl groups is 1. The van der Waals surface area contributed by atoms with Gasteiger partial charge in [-0.05, 0) is 0 Å². The molecule has 1 aromatic rings. The van der Waals surface area contributed by atoms with Crippen LogP contribution < -0.4 is 4.62 Å². The molecule has 12 heteroatoms. The van der Waals surface area contributed by atoms with Crippen molar-refractivity contribution in [2.24, 2.45) is 0 Å². The highest BCUT2D eigenvalue weighted by atomic mass is 31.2. The minimum absolute atomic E-state index is 0. The van der Waals surface area contributed by atoms with Crippen LogP contribution in [0.2, 0.25) is 0 Å². The third kappa shape index (κ3) is 5.42. The van der Waals surface area contributed by atoms with E-state index < -0.39 is 27.2 Å². The van der Waals surface area contributed by atoms with Crippen molar-refractivity contribution in [1.82, 2.24) is 9.71 Å². The van der Waals surface area contributed by atoms with Crippen LogP contribution in [0.3, 0.4) is 0 Å². The summed E-state index contributed by atoms with van der Waals surface area (Å²) in [4.78, 5) is 29.8. The fraction of sp³-hybridized carbons (Fsp3) is 0.400. The standard InChI is InChI=1S/C5H10N2O7P2.H2O/c8-5(16(11,12)13)3-15(9,10)14-7-2-1-6-4-7;/h1-2,4-5,8H,3H2,(H,9,10)(H2,11,12,13);1H2. The molecule has 0 spiro atoms. The Labute approximate surface area is 95.5 Å². The van der Waals surface area contributed by atoms with Crippen molar-refractivity contribution < 1.29 is 39.0 Å². The first-order valence-corrected chi connectivity index (χ1v) is 7.38. The average Bonchev–Trinajstić information content (AvgIpc) is 2.52. The number of hydrogen-bond acceptors (Lipinski definition) is 5. The van der Waals surface area contributed by atoms with Crippen molar-refractivity contribution in [2.75, 3.05) is 6.16 Å². The molecule has 10 nitrogen and oxygen atoms in total. The molecular formula is C5H12N2O8P2. The molecule has 17 heavy (non-hydrogen) atoms. The summed E-state index contributed by atoms with van der Waals surface area (Å²) in [5.74, 6) is -2.24. The summed E-state index contributed by atoms with van der Waals surface area (Å²) in [6.45, 7) is 0. The van der Waals surface area contributed by atoms with Gasteiger partial charge in [0.05, 0.1) is 6.20 Å². The molecule has 0 fully saturated rings. The van der Waals surface area contributed by atoms with Gasteiger partial charge >= 0.3 is 15.2 Å². The second-order valence-corrected chi connectivity index (χ2v) is 6.47. The number of hydrogen-bond donors (Lipinski definition) is 4. The van der Waals surface area contributed by atoms with Crippen molar-refractivity contribution in [2.45, 2.75) is 5.85 Å². The fourth-order valence-electron chi connectivity index (χ4n) is 0.789. The summed E-state index contributed by atoms with van der Waals surface area (Å²) in [5.41, 5.74) is 0. The molecule has 0 radical (unpaired) electrons. The predicted molar refractivity (Wildman–Crippen MR) is 55.2 cm³/mol. The lowest BCUT2D eigenvalue weighted by Crippen LogP contribution is -2.18. The lowest BCUT2D eigenvalue weighted by molar-refractivity contribution is 0.193. The molecule has 1 aromatic heterocycles. The maximum Gasteiger partial charge on any atom is 0.398 e. The van der Waals surface area contributed by atoms with Gasteiger partial charge in [0, 0.05) is 6.20 Å². The van der Waals surface area contributed by atoms with Gasteiger partial charge in [0.1, 0.15) is 12.5 Å². The smallest absolute Gasteiger partial charge is 0.398 e. The van der Waals surface area contributed by atoms with Crippen molar-refractivity contribution in [1.29, 1.82) is 0 Å². The molecule has 100 valence electrons. The molecule has 0 aliphatic heterocycles. The maximum absolute atomic E-state index is 11.3. The van der Waals surface area contributed by atoms with Crippen LogP contribution in [0.25, 0.3) is 0 Å². The fourth-order valence-corrected chi connectivity index (χ4v) is 3.13. The highest BCUT2D eigenvalue weighted by molar-refractivity contribution is 7.57. The van der Waals surface area contributed by atoms with Gasteiger partial charge in [0.25, 0.3) is 0 Å². The number of nitrogens with zero attached hydrogens (tertiary/aromatic N) is 2. The molecule has 0 aliphatic rings. The van der Waals surface area contributed by atoms with E-state index in [9.17, 15) is 14.0 Å². The molecule has 0 bridgehead atoms. The normalized spacial score (nSPS) is 16.7. The third-order valence-corrected chi connectivity index (χ3v) is 3.98.